The molecule has 110 valence electrons. The maximum atomic E-state index is 9.55. The van der Waals surface area contributed by atoms with Gasteiger partial charge >= 0.3 is 11.9 Å². The first-order chi connectivity index (χ1) is 9.45. The van der Waals surface area contributed by atoms with Crippen LogP contribution >= 0.6 is 0 Å². The third kappa shape index (κ3) is 4.42. The van der Waals surface area contributed by atoms with Gasteiger partial charge in [-0.25, -0.2) is 9.59 Å². The van der Waals surface area contributed by atoms with E-state index in [2.05, 4.69) is 10.4 Å². The van der Waals surface area contributed by atoms with Crippen LogP contribution in [0.5, 0.6) is 0 Å². The van der Waals surface area contributed by atoms with Crippen molar-refractivity contribution < 1.29 is 19.8 Å². The summed E-state index contributed by atoms with van der Waals surface area (Å²) in [7, 11) is 3.97. The number of anilines is 1. The van der Waals surface area contributed by atoms with E-state index in [0.717, 1.165) is 6.42 Å². The molecular weight excluding hydrogens is 262 g/mol. The smallest absolute Gasteiger partial charge is 0.328 e. The normalized spacial score (nSPS) is 13.3. The zero-order chi connectivity index (χ0) is 15.1. The zero-order valence-electron chi connectivity index (χ0n) is 11.6. The molecule has 0 saturated carbocycles. The van der Waals surface area contributed by atoms with Crippen molar-refractivity contribution in [3.05, 3.63) is 23.4 Å². The minimum Gasteiger partial charge on any atom is -0.478 e. The summed E-state index contributed by atoms with van der Waals surface area (Å²) in [5.41, 5.74) is 2.74. The highest BCUT2D eigenvalue weighted by molar-refractivity contribution is 5.89. The minimum absolute atomic E-state index is 0.558. The van der Waals surface area contributed by atoms with Gasteiger partial charge in [0.15, 0.2) is 0 Å². The number of aromatic nitrogens is 2. The first-order valence-electron chi connectivity index (χ1n) is 6.32. The van der Waals surface area contributed by atoms with E-state index in [-0.39, 0.29) is 0 Å². The van der Waals surface area contributed by atoms with Crippen LogP contribution in [0.2, 0.25) is 0 Å². The molecule has 20 heavy (non-hydrogen) atoms. The highest BCUT2D eigenvalue weighted by Gasteiger charge is 2.17. The Morgan fingerprint density at radius 3 is 2.25 bits per heavy atom. The van der Waals surface area contributed by atoms with Crippen LogP contribution in [0.1, 0.15) is 24.1 Å². The molecule has 7 heteroatoms. The fourth-order valence-corrected chi connectivity index (χ4v) is 2.14. The van der Waals surface area contributed by atoms with Crippen LogP contribution in [0.15, 0.2) is 12.2 Å². The Kier molecular flexibility index (Phi) is 5.76. The number of nitrogens with one attached hydrogen (secondary N) is 1. The van der Waals surface area contributed by atoms with Gasteiger partial charge in [-0.15, -0.1) is 0 Å². The van der Waals surface area contributed by atoms with Crippen LogP contribution in [0, 0.1) is 0 Å². The molecule has 0 radical (unpaired) electrons. The molecule has 0 atom stereocenters. The Balaban J connectivity index is 0.000000221. The van der Waals surface area contributed by atoms with Gasteiger partial charge in [-0.1, -0.05) is 0 Å². The zero-order valence-corrected chi connectivity index (χ0v) is 11.6. The van der Waals surface area contributed by atoms with Crippen molar-refractivity contribution in [2.75, 3.05) is 12.4 Å². The molecule has 0 unspecified atom stereocenters. The SMILES string of the molecule is CNc1c2c(nn1C)CCCC2.O=C(O)/C=C\C(=O)O. The van der Waals surface area contributed by atoms with E-state index in [0.29, 0.717) is 12.2 Å². The van der Waals surface area contributed by atoms with Crippen molar-refractivity contribution in [1.82, 2.24) is 9.78 Å². The van der Waals surface area contributed by atoms with E-state index in [1.54, 1.807) is 0 Å². The lowest BCUT2D eigenvalue weighted by molar-refractivity contribution is -0.134. The Morgan fingerprint density at radius 1 is 1.20 bits per heavy atom. The highest BCUT2D eigenvalue weighted by Crippen LogP contribution is 2.26. The second kappa shape index (κ2) is 7.32. The molecule has 1 aliphatic carbocycles. The van der Waals surface area contributed by atoms with Gasteiger partial charge in [-0.3, -0.25) is 4.68 Å². The van der Waals surface area contributed by atoms with E-state index >= 15 is 0 Å². The lowest BCUT2D eigenvalue weighted by atomic mass is 9.98. The summed E-state index contributed by atoms with van der Waals surface area (Å²) in [5, 5.41) is 23.3. The number of rotatable bonds is 3. The van der Waals surface area contributed by atoms with Crippen LogP contribution in [0.4, 0.5) is 5.82 Å². The number of aliphatic carboxylic acids is 2. The monoisotopic (exact) mass is 281 g/mol. The number of carbonyl (C=O) groups is 2. The van der Waals surface area contributed by atoms with Crippen LogP contribution in [0.3, 0.4) is 0 Å². The fourth-order valence-electron chi connectivity index (χ4n) is 2.14. The number of hydrogen-bond acceptors (Lipinski definition) is 4. The van der Waals surface area contributed by atoms with Gasteiger partial charge in [0.05, 0.1) is 5.69 Å². The van der Waals surface area contributed by atoms with E-state index in [4.69, 9.17) is 10.2 Å². The maximum absolute atomic E-state index is 9.55. The van der Waals surface area contributed by atoms with Gasteiger partial charge in [0.1, 0.15) is 5.82 Å². The number of carboxylic acids is 2. The summed E-state index contributed by atoms with van der Waals surface area (Å²) in [5.74, 6) is -1.32. The summed E-state index contributed by atoms with van der Waals surface area (Å²) in [6.45, 7) is 0. The van der Waals surface area contributed by atoms with Crippen molar-refractivity contribution >= 4 is 17.8 Å². The third-order valence-electron chi connectivity index (χ3n) is 2.92. The Hall–Kier alpha value is -2.31. The van der Waals surface area contributed by atoms with Crippen molar-refractivity contribution in [3.8, 4) is 0 Å². The summed E-state index contributed by atoms with van der Waals surface area (Å²) in [4.78, 5) is 19.1. The quantitative estimate of drug-likeness (QED) is 0.715. The highest BCUT2D eigenvalue weighted by atomic mass is 16.4. The van der Waals surface area contributed by atoms with E-state index in [9.17, 15) is 9.59 Å². The molecule has 0 aliphatic heterocycles. The molecule has 7 nitrogen and oxygen atoms in total. The molecule has 1 aromatic heterocycles. The predicted octanol–water partition coefficient (Wildman–Crippen LogP) is 1.05. The average molecular weight is 281 g/mol. The molecular formula is C13H19N3O4. The summed E-state index contributed by atoms with van der Waals surface area (Å²) in [6, 6.07) is 0. The van der Waals surface area contributed by atoms with Crippen LogP contribution in [-0.4, -0.2) is 39.0 Å². The fraction of sp³-hybridized carbons (Fsp3) is 0.462. The van der Waals surface area contributed by atoms with Gasteiger partial charge in [0, 0.05) is 31.8 Å². The first-order valence-corrected chi connectivity index (χ1v) is 6.32. The number of nitrogens with zero attached hydrogens (tertiary/aromatic N) is 2. The van der Waals surface area contributed by atoms with Gasteiger partial charge in [-0.05, 0) is 25.7 Å². The maximum Gasteiger partial charge on any atom is 0.328 e. The Morgan fingerprint density at radius 2 is 1.75 bits per heavy atom. The second-order valence-electron chi connectivity index (χ2n) is 4.36. The Bertz CT molecular complexity index is 504. The lowest BCUT2D eigenvalue weighted by Crippen LogP contribution is -2.03. The van der Waals surface area contributed by atoms with Crippen molar-refractivity contribution in [1.29, 1.82) is 0 Å². The number of fused-ring (bicyclic) bond motifs is 1. The largest absolute Gasteiger partial charge is 0.478 e. The molecule has 0 aromatic carbocycles. The van der Waals surface area contributed by atoms with Gasteiger partial charge in [0.25, 0.3) is 0 Å². The van der Waals surface area contributed by atoms with E-state index < -0.39 is 11.9 Å². The molecule has 2 rings (SSSR count). The van der Waals surface area contributed by atoms with Crippen LogP contribution in [-0.2, 0) is 29.5 Å². The molecule has 1 aliphatic rings. The van der Waals surface area contributed by atoms with Gasteiger partial charge in [0.2, 0.25) is 0 Å². The Labute approximate surface area is 116 Å². The van der Waals surface area contributed by atoms with E-state index in [1.807, 2.05) is 18.8 Å². The van der Waals surface area contributed by atoms with Gasteiger partial charge in [-0.2, -0.15) is 5.10 Å². The standard InChI is InChI=1S/C9H15N3.C4H4O4/c1-10-9-7-5-3-4-6-8(7)11-12(9)2;5-3(6)1-2-4(7)8/h10H,3-6H2,1-2H3;1-2H,(H,5,6)(H,7,8)/b;2-1-. The molecule has 3 N–H and O–H groups in total. The predicted molar refractivity (Wildman–Crippen MR) is 73.8 cm³/mol. The van der Waals surface area contributed by atoms with Crippen molar-refractivity contribution in [3.63, 3.8) is 0 Å². The molecule has 1 aromatic rings. The van der Waals surface area contributed by atoms with Crippen LogP contribution in [0.25, 0.3) is 0 Å². The average Bonchev–Trinajstić information content (AvgIpc) is 2.72. The molecule has 0 bridgehead atoms. The van der Waals surface area contributed by atoms with E-state index in [1.165, 1.54) is 36.3 Å². The molecule has 0 amide bonds. The second-order valence-corrected chi connectivity index (χ2v) is 4.36. The molecule has 0 spiro atoms. The third-order valence-corrected chi connectivity index (χ3v) is 2.92. The lowest BCUT2D eigenvalue weighted by Gasteiger charge is -2.10. The first kappa shape index (κ1) is 15.7. The summed E-state index contributed by atoms with van der Waals surface area (Å²) in [6.07, 6.45) is 6.08. The topological polar surface area (TPSA) is 104 Å². The molecule has 0 saturated heterocycles. The van der Waals surface area contributed by atoms with Crippen molar-refractivity contribution in [2.24, 2.45) is 7.05 Å². The number of aryl methyl sites for hydroxylation is 2. The number of carboxylic acid groups (broad SMARTS) is 2. The minimum atomic E-state index is -1.26. The van der Waals surface area contributed by atoms with Crippen molar-refractivity contribution in [2.45, 2.75) is 25.7 Å². The van der Waals surface area contributed by atoms with Gasteiger partial charge < -0.3 is 15.5 Å². The number of hydrogen-bond donors (Lipinski definition) is 3. The van der Waals surface area contributed by atoms with Crippen LogP contribution < -0.4 is 5.32 Å². The summed E-state index contributed by atoms with van der Waals surface area (Å²) >= 11 is 0. The molecule has 1 heterocycles. The molecule has 0 fully saturated rings. The summed E-state index contributed by atoms with van der Waals surface area (Å²) < 4.78 is 1.95.